The molecule has 2 aromatic rings. The molecule has 5 nitrogen and oxygen atoms in total. The van der Waals surface area contributed by atoms with Crippen LogP contribution in [0.2, 0.25) is 0 Å². The molecule has 0 aromatic carbocycles. The monoisotopic (exact) mass is 281 g/mol. The zero-order valence-corrected chi connectivity index (χ0v) is 9.81. The highest BCUT2D eigenvalue weighted by molar-refractivity contribution is 9.10. The van der Waals surface area contributed by atoms with E-state index in [2.05, 4.69) is 26.0 Å². The van der Waals surface area contributed by atoms with Crippen LogP contribution in [0.3, 0.4) is 0 Å². The Morgan fingerprint density at radius 3 is 2.88 bits per heavy atom. The van der Waals surface area contributed by atoms with Crippen molar-refractivity contribution in [2.75, 3.05) is 0 Å². The van der Waals surface area contributed by atoms with Gasteiger partial charge in [0.2, 0.25) is 0 Å². The van der Waals surface area contributed by atoms with Crippen molar-refractivity contribution < 1.29 is 9.90 Å². The molecule has 0 amide bonds. The van der Waals surface area contributed by atoms with Gasteiger partial charge in [-0.15, -0.1) is 0 Å². The van der Waals surface area contributed by atoms with Gasteiger partial charge in [0.05, 0.1) is 0 Å². The van der Waals surface area contributed by atoms with Gasteiger partial charge < -0.3 is 5.11 Å². The SMILES string of the molecule is O=C(O)c1cc(C2CC2)n2nc(Br)cc2n1. The molecule has 1 N–H and O–H groups in total. The first-order valence-electron chi connectivity index (χ1n) is 4.94. The number of carbonyl (C=O) groups is 1. The Kier molecular flexibility index (Phi) is 2.00. The number of hydrogen-bond donors (Lipinski definition) is 1. The predicted octanol–water partition coefficient (Wildman–Crippen LogP) is 2.07. The minimum atomic E-state index is -0.998. The van der Waals surface area contributed by atoms with Crippen molar-refractivity contribution in [3.8, 4) is 0 Å². The Hall–Kier alpha value is -1.43. The third kappa shape index (κ3) is 1.49. The summed E-state index contributed by atoms with van der Waals surface area (Å²) in [4.78, 5) is 15.0. The van der Waals surface area contributed by atoms with Gasteiger partial charge in [0.15, 0.2) is 11.3 Å². The number of hydrogen-bond acceptors (Lipinski definition) is 3. The normalized spacial score (nSPS) is 15.6. The summed E-state index contributed by atoms with van der Waals surface area (Å²) in [7, 11) is 0. The molecule has 2 aromatic heterocycles. The van der Waals surface area contributed by atoms with Crippen LogP contribution in [0, 0.1) is 0 Å². The van der Waals surface area contributed by atoms with Crippen molar-refractivity contribution in [2.45, 2.75) is 18.8 Å². The van der Waals surface area contributed by atoms with Gasteiger partial charge in [0.25, 0.3) is 0 Å². The van der Waals surface area contributed by atoms with Crippen LogP contribution < -0.4 is 0 Å². The smallest absolute Gasteiger partial charge is 0.354 e. The first kappa shape index (κ1) is 9.77. The lowest BCUT2D eigenvalue weighted by Crippen LogP contribution is -2.06. The second kappa shape index (κ2) is 3.28. The number of nitrogens with zero attached hydrogens (tertiary/aromatic N) is 3. The zero-order valence-electron chi connectivity index (χ0n) is 8.22. The molecule has 0 spiro atoms. The molecule has 16 heavy (non-hydrogen) atoms. The topological polar surface area (TPSA) is 67.5 Å². The van der Waals surface area contributed by atoms with E-state index in [1.807, 2.05) is 0 Å². The van der Waals surface area contributed by atoms with E-state index < -0.39 is 5.97 Å². The molecule has 6 heteroatoms. The lowest BCUT2D eigenvalue weighted by molar-refractivity contribution is 0.0690. The van der Waals surface area contributed by atoms with E-state index in [4.69, 9.17) is 5.11 Å². The van der Waals surface area contributed by atoms with Crippen LogP contribution in [-0.4, -0.2) is 25.7 Å². The van der Waals surface area contributed by atoms with Gasteiger partial charge in [-0.05, 0) is 34.8 Å². The number of carboxylic acids is 1. The van der Waals surface area contributed by atoms with Gasteiger partial charge in [-0.1, -0.05) is 0 Å². The third-order valence-corrected chi connectivity index (χ3v) is 3.03. The molecule has 0 atom stereocenters. The molecule has 0 aliphatic heterocycles. The minimum Gasteiger partial charge on any atom is -0.477 e. The van der Waals surface area contributed by atoms with Crippen LogP contribution in [0.5, 0.6) is 0 Å². The minimum absolute atomic E-state index is 0.0850. The molecular formula is C10H8BrN3O2. The highest BCUT2D eigenvalue weighted by Gasteiger charge is 2.28. The van der Waals surface area contributed by atoms with Crippen LogP contribution in [0.1, 0.15) is 34.9 Å². The summed E-state index contributed by atoms with van der Waals surface area (Å²) in [5, 5.41) is 13.2. The van der Waals surface area contributed by atoms with Gasteiger partial charge in [-0.2, -0.15) is 5.10 Å². The summed E-state index contributed by atoms with van der Waals surface area (Å²) >= 11 is 3.27. The van der Waals surface area contributed by atoms with E-state index in [-0.39, 0.29) is 5.69 Å². The molecule has 1 fully saturated rings. The highest BCUT2D eigenvalue weighted by atomic mass is 79.9. The van der Waals surface area contributed by atoms with Gasteiger partial charge in [0.1, 0.15) is 4.60 Å². The summed E-state index contributed by atoms with van der Waals surface area (Å²) in [6.07, 6.45) is 2.19. The van der Waals surface area contributed by atoms with Crippen LogP contribution in [-0.2, 0) is 0 Å². The third-order valence-electron chi connectivity index (χ3n) is 2.64. The van der Waals surface area contributed by atoms with Gasteiger partial charge in [-0.3, -0.25) is 0 Å². The number of rotatable bonds is 2. The predicted molar refractivity (Wildman–Crippen MR) is 59.6 cm³/mol. The van der Waals surface area contributed by atoms with Gasteiger partial charge in [0, 0.05) is 17.7 Å². The summed E-state index contributed by atoms with van der Waals surface area (Å²) in [6.45, 7) is 0. The second-order valence-corrected chi connectivity index (χ2v) is 4.70. The molecule has 0 radical (unpaired) electrons. The maximum absolute atomic E-state index is 10.9. The standard InChI is InChI=1S/C10H8BrN3O2/c11-8-4-9-12-6(10(15)16)3-7(5-1-2-5)14(9)13-8/h3-5H,1-2H2,(H,15,16). The van der Waals surface area contributed by atoms with Crippen LogP contribution in [0.15, 0.2) is 16.7 Å². The van der Waals surface area contributed by atoms with Crippen LogP contribution in [0.4, 0.5) is 0 Å². The first-order chi connectivity index (χ1) is 7.65. The summed E-state index contributed by atoms with van der Waals surface area (Å²) < 4.78 is 2.39. The number of carboxylic acid groups (broad SMARTS) is 1. The van der Waals surface area contributed by atoms with E-state index in [0.717, 1.165) is 18.5 Å². The van der Waals surface area contributed by atoms with Crippen LogP contribution >= 0.6 is 15.9 Å². The molecule has 0 bridgehead atoms. The van der Waals surface area contributed by atoms with Crippen molar-refractivity contribution in [3.63, 3.8) is 0 Å². The largest absolute Gasteiger partial charge is 0.477 e. The lowest BCUT2D eigenvalue weighted by atomic mass is 10.2. The Morgan fingerprint density at radius 2 is 2.25 bits per heavy atom. The van der Waals surface area contributed by atoms with E-state index >= 15 is 0 Å². The fraction of sp³-hybridized carbons (Fsp3) is 0.300. The molecule has 2 heterocycles. The molecule has 3 rings (SSSR count). The van der Waals surface area contributed by atoms with E-state index in [9.17, 15) is 4.79 Å². The number of aromatic nitrogens is 3. The zero-order chi connectivity index (χ0) is 11.3. The van der Waals surface area contributed by atoms with Crippen molar-refractivity contribution in [3.05, 3.63) is 28.1 Å². The van der Waals surface area contributed by atoms with E-state index in [1.165, 1.54) is 0 Å². The first-order valence-corrected chi connectivity index (χ1v) is 5.74. The molecule has 1 aliphatic carbocycles. The molecule has 0 saturated heterocycles. The lowest BCUT2D eigenvalue weighted by Gasteiger charge is -2.03. The number of fused-ring (bicyclic) bond motifs is 1. The number of aromatic carboxylic acids is 1. The molecule has 82 valence electrons. The fourth-order valence-corrected chi connectivity index (χ4v) is 2.11. The summed E-state index contributed by atoms with van der Waals surface area (Å²) in [5.41, 5.74) is 1.60. The molecule has 1 saturated carbocycles. The maximum atomic E-state index is 10.9. The van der Waals surface area contributed by atoms with Crippen molar-refractivity contribution >= 4 is 27.5 Å². The Balaban J connectivity index is 2.29. The van der Waals surface area contributed by atoms with Crippen molar-refractivity contribution in [2.24, 2.45) is 0 Å². The Bertz CT molecular complexity index is 589. The Labute approximate surface area is 99.2 Å². The van der Waals surface area contributed by atoms with Gasteiger partial charge in [-0.25, -0.2) is 14.3 Å². The second-order valence-electron chi connectivity index (χ2n) is 3.88. The molecule has 0 unspecified atom stereocenters. The quantitative estimate of drug-likeness (QED) is 0.915. The summed E-state index contributed by atoms with van der Waals surface area (Å²) in [5.74, 6) is -0.572. The highest BCUT2D eigenvalue weighted by Crippen LogP contribution is 2.40. The van der Waals surface area contributed by atoms with Gasteiger partial charge >= 0.3 is 5.97 Å². The molecular weight excluding hydrogens is 274 g/mol. The molecule has 1 aliphatic rings. The van der Waals surface area contributed by atoms with Crippen molar-refractivity contribution in [1.82, 2.24) is 14.6 Å². The maximum Gasteiger partial charge on any atom is 0.354 e. The Morgan fingerprint density at radius 1 is 1.50 bits per heavy atom. The number of halogens is 1. The summed E-state index contributed by atoms with van der Waals surface area (Å²) in [6, 6.07) is 3.34. The van der Waals surface area contributed by atoms with Crippen molar-refractivity contribution in [1.29, 1.82) is 0 Å². The van der Waals surface area contributed by atoms with E-state index in [0.29, 0.717) is 16.2 Å². The average Bonchev–Trinajstić information content (AvgIpc) is 2.98. The fourth-order valence-electron chi connectivity index (χ4n) is 1.75. The van der Waals surface area contributed by atoms with E-state index in [1.54, 1.807) is 16.6 Å². The van der Waals surface area contributed by atoms with Crippen LogP contribution in [0.25, 0.3) is 5.65 Å². The average molecular weight is 282 g/mol.